The molecule has 0 bridgehead atoms. The Morgan fingerprint density at radius 2 is 2.00 bits per heavy atom. The van der Waals surface area contributed by atoms with Crippen LogP contribution in [0.25, 0.3) is 0 Å². The summed E-state index contributed by atoms with van der Waals surface area (Å²) in [6.07, 6.45) is 0.869. The van der Waals surface area contributed by atoms with Gasteiger partial charge in [0, 0.05) is 23.5 Å². The third-order valence-corrected chi connectivity index (χ3v) is 4.50. The molecule has 0 aliphatic heterocycles. The summed E-state index contributed by atoms with van der Waals surface area (Å²) < 4.78 is 1.96. The summed E-state index contributed by atoms with van der Waals surface area (Å²) in [6.45, 7) is 6.23. The number of aryl methyl sites for hydroxylation is 3. The number of nitrogens with two attached hydrogens (primary N) is 1. The molecule has 1 heterocycles. The maximum atomic E-state index is 5.95. The molecule has 0 spiro atoms. The van der Waals surface area contributed by atoms with Crippen LogP contribution in [-0.2, 0) is 13.5 Å². The first-order valence-corrected chi connectivity index (χ1v) is 7.32. The van der Waals surface area contributed by atoms with Crippen molar-refractivity contribution in [3.05, 3.63) is 41.1 Å². The Hall–Kier alpha value is -1.26. The molecule has 4 heteroatoms. The lowest BCUT2D eigenvalue weighted by Gasteiger charge is -2.10. The van der Waals surface area contributed by atoms with Gasteiger partial charge in [0.25, 0.3) is 0 Å². The van der Waals surface area contributed by atoms with Crippen LogP contribution in [0, 0.1) is 13.8 Å². The Morgan fingerprint density at radius 1 is 1.32 bits per heavy atom. The highest BCUT2D eigenvalue weighted by Gasteiger charge is 2.16. The number of benzene rings is 1. The zero-order chi connectivity index (χ0) is 14.0. The molecule has 0 aliphatic carbocycles. The lowest BCUT2D eigenvalue weighted by Crippen LogP contribution is -2.18. The molecule has 1 atom stereocenters. The Labute approximate surface area is 119 Å². The molecular formula is C15H21N3S. The van der Waals surface area contributed by atoms with Gasteiger partial charge in [-0.3, -0.25) is 4.68 Å². The molecule has 3 nitrogen and oxygen atoms in total. The summed E-state index contributed by atoms with van der Waals surface area (Å²) in [4.78, 5) is 1.27. The maximum Gasteiger partial charge on any atom is 0.102 e. The molecule has 1 aromatic carbocycles. The van der Waals surface area contributed by atoms with E-state index in [4.69, 9.17) is 5.73 Å². The van der Waals surface area contributed by atoms with Gasteiger partial charge < -0.3 is 5.73 Å². The van der Waals surface area contributed by atoms with E-state index in [0.717, 1.165) is 12.1 Å². The monoisotopic (exact) mass is 275 g/mol. The molecule has 0 amide bonds. The van der Waals surface area contributed by atoms with Crippen LogP contribution in [0.2, 0.25) is 0 Å². The first kappa shape index (κ1) is 14.2. The highest BCUT2D eigenvalue weighted by Crippen LogP contribution is 2.33. The van der Waals surface area contributed by atoms with Crippen molar-refractivity contribution in [3.63, 3.8) is 0 Å². The molecule has 0 fully saturated rings. The number of nitrogens with zero attached hydrogens (tertiary/aromatic N) is 2. The largest absolute Gasteiger partial charge is 0.328 e. The third-order valence-electron chi connectivity index (χ3n) is 3.12. The summed E-state index contributed by atoms with van der Waals surface area (Å²) in [5.74, 6) is 0. The number of rotatable bonds is 4. The van der Waals surface area contributed by atoms with E-state index in [1.54, 1.807) is 11.8 Å². The molecule has 19 heavy (non-hydrogen) atoms. The number of aromatic nitrogens is 2. The lowest BCUT2D eigenvalue weighted by atomic mass is 10.1. The SMILES string of the molecule is Cc1ccccc1Sc1c(CC(C)N)c(C)nn1C. The summed E-state index contributed by atoms with van der Waals surface area (Å²) in [7, 11) is 2.00. The van der Waals surface area contributed by atoms with Gasteiger partial charge in [0.2, 0.25) is 0 Å². The average molecular weight is 275 g/mol. The number of hydrogen-bond acceptors (Lipinski definition) is 3. The van der Waals surface area contributed by atoms with Crippen molar-refractivity contribution in [1.82, 2.24) is 9.78 Å². The highest BCUT2D eigenvalue weighted by molar-refractivity contribution is 7.99. The lowest BCUT2D eigenvalue weighted by molar-refractivity contribution is 0.677. The van der Waals surface area contributed by atoms with Crippen molar-refractivity contribution in [2.24, 2.45) is 12.8 Å². The van der Waals surface area contributed by atoms with E-state index in [1.807, 2.05) is 18.7 Å². The predicted octanol–water partition coefficient (Wildman–Crippen LogP) is 3.08. The van der Waals surface area contributed by atoms with Crippen LogP contribution in [0.1, 0.15) is 23.7 Å². The summed E-state index contributed by atoms with van der Waals surface area (Å²) in [6, 6.07) is 8.58. The first-order valence-electron chi connectivity index (χ1n) is 6.50. The highest BCUT2D eigenvalue weighted by atomic mass is 32.2. The second kappa shape index (κ2) is 5.80. The van der Waals surface area contributed by atoms with Crippen LogP contribution < -0.4 is 5.73 Å². The molecule has 1 aromatic heterocycles. The third kappa shape index (κ3) is 3.19. The summed E-state index contributed by atoms with van der Waals surface area (Å²) >= 11 is 1.78. The van der Waals surface area contributed by atoms with Gasteiger partial charge in [-0.25, -0.2) is 0 Å². The molecule has 0 saturated carbocycles. The fourth-order valence-electron chi connectivity index (χ4n) is 2.14. The Balaban J connectivity index is 2.37. The van der Waals surface area contributed by atoms with Crippen molar-refractivity contribution in [3.8, 4) is 0 Å². The minimum atomic E-state index is 0.152. The second-order valence-electron chi connectivity index (χ2n) is 5.04. The smallest absolute Gasteiger partial charge is 0.102 e. The van der Waals surface area contributed by atoms with Crippen molar-refractivity contribution in [2.45, 2.75) is 43.2 Å². The Kier molecular flexibility index (Phi) is 4.32. The van der Waals surface area contributed by atoms with Crippen LogP contribution in [0.5, 0.6) is 0 Å². The summed E-state index contributed by atoms with van der Waals surface area (Å²) in [5, 5.41) is 5.73. The molecule has 0 aliphatic rings. The van der Waals surface area contributed by atoms with Gasteiger partial charge in [-0.05, 0) is 38.8 Å². The van der Waals surface area contributed by atoms with Gasteiger partial charge >= 0.3 is 0 Å². The van der Waals surface area contributed by atoms with E-state index in [1.165, 1.54) is 21.0 Å². The normalized spacial score (nSPS) is 12.7. The van der Waals surface area contributed by atoms with E-state index in [-0.39, 0.29) is 6.04 Å². The second-order valence-corrected chi connectivity index (χ2v) is 6.07. The van der Waals surface area contributed by atoms with Crippen LogP contribution in [0.4, 0.5) is 0 Å². The molecule has 0 radical (unpaired) electrons. The molecule has 2 aromatic rings. The fraction of sp³-hybridized carbons (Fsp3) is 0.400. The molecule has 2 rings (SSSR count). The Bertz CT molecular complexity index is 573. The molecular weight excluding hydrogens is 254 g/mol. The van der Waals surface area contributed by atoms with E-state index in [9.17, 15) is 0 Å². The zero-order valence-corrected chi connectivity index (χ0v) is 12.8. The first-order chi connectivity index (χ1) is 8.99. The molecule has 102 valence electrons. The van der Waals surface area contributed by atoms with E-state index < -0.39 is 0 Å². The minimum Gasteiger partial charge on any atom is -0.328 e. The van der Waals surface area contributed by atoms with Crippen LogP contribution in [0.3, 0.4) is 0 Å². The predicted molar refractivity (Wildman–Crippen MR) is 80.6 cm³/mol. The van der Waals surface area contributed by atoms with Gasteiger partial charge in [-0.1, -0.05) is 30.0 Å². The van der Waals surface area contributed by atoms with E-state index in [2.05, 4.69) is 43.2 Å². The van der Waals surface area contributed by atoms with Gasteiger partial charge in [-0.15, -0.1) is 0 Å². The van der Waals surface area contributed by atoms with Crippen molar-refractivity contribution < 1.29 is 0 Å². The Morgan fingerprint density at radius 3 is 2.63 bits per heavy atom. The maximum absolute atomic E-state index is 5.95. The van der Waals surface area contributed by atoms with Crippen LogP contribution in [-0.4, -0.2) is 15.8 Å². The quantitative estimate of drug-likeness (QED) is 0.932. The van der Waals surface area contributed by atoms with Crippen LogP contribution in [0.15, 0.2) is 34.2 Å². The number of hydrogen-bond donors (Lipinski definition) is 1. The van der Waals surface area contributed by atoms with Crippen molar-refractivity contribution >= 4 is 11.8 Å². The van der Waals surface area contributed by atoms with E-state index in [0.29, 0.717) is 0 Å². The van der Waals surface area contributed by atoms with Gasteiger partial charge in [0.1, 0.15) is 5.03 Å². The standard InChI is InChI=1S/C15H21N3S/c1-10-7-5-6-8-14(10)19-15-13(9-11(2)16)12(3)17-18(15)4/h5-8,11H,9,16H2,1-4H3. The van der Waals surface area contributed by atoms with Gasteiger partial charge in [0.05, 0.1) is 5.69 Å². The average Bonchev–Trinajstić information content (AvgIpc) is 2.58. The van der Waals surface area contributed by atoms with E-state index >= 15 is 0 Å². The molecule has 1 unspecified atom stereocenters. The van der Waals surface area contributed by atoms with Gasteiger partial charge in [-0.2, -0.15) is 5.10 Å². The minimum absolute atomic E-state index is 0.152. The fourth-order valence-corrected chi connectivity index (χ4v) is 3.25. The van der Waals surface area contributed by atoms with Crippen LogP contribution >= 0.6 is 11.8 Å². The van der Waals surface area contributed by atoms with Gasteiger partial charge in [0.15, 0.2) is 0 Å². The van der Waals surface area contributed by atoms with Crippen molar-refractivity contribution in [1.29, 1.82) is 0 Å². The summed E-state index contributed by atoms with van der Waals surface area (Å²) in [5.41, 5.74) is 9.59. The molecule has 0 saturated heterocycles. The molecule has 2 N–H and O–H groups in total. The van der Waals surface area contributed by atoms with Crippen molar-refractivity contribution in [2.75, 3.05) is 0 Å². The topological polar surface area (TPSA) is 43.8 Å². The zero-order valence-electron chi connectivity index (χ0n) is 12.0.